The Morgan fingerprint density at radius 2 is 1.86 bits per heavy atom. The first kappa shape index (κ1) is 15.7. The Labute approximate surface area is 125 Å². The first-order valence-electron chi connectivity index (χ1n) is 5.95. The molecule has 0 spiro atoms. The summed E-state index contributed by atoms with van der Waals surface area (Å²) < 4.78 is 43.7. The molecule has 0 aliphatic carbocycles. The predicted molar refractivity (Wildman–Crippen MR) is 78.0 cm³/mol. The number of nitrogens with zero attached hydrogens (tertiary/aromatic N) is 1. The maximum absolute atomic E-state index is 13.6. The van der Waals surface area contributed by atoms with Crippen molar-refractivity contribution in [1.29, 1.82) is 0 Å². The van der Waals surface area contributed by atoms with Crippen molar-refractivity contribution >= 4 is 21.4 Å². The number of sulfonamides is 1. The third-order valence-corrected chi connectivity index (χ3v) is 3.12. The maximum Gasteiger partial charge on any atom is 0.271 e. The van der Waals surface area contributed by atoms with Gasteiger partial charge in [-0.15, -0.1) is 0 Å². The van der Waals surface area contributed by atoms with Gasteiger partial charge >= 0.3 is 0 Å². The van der Waals surface area contributed by atoms with E-state index in [2.05, 4.69) is 4.72 Å². The fraction of sp³-hybridized carbons (Fsp3) is 0.0769. The highest BCUT2D eigenvalue weighted by Crippen LogP contribution is 2.34. The number of halogens is 1. The molecule has 2 rings (SSSR count). The van der Waals surface area contributed by atoms with Gasteiger partial charge in [0.05, 0.1) is 16.9 Å². The molecule has 0 atom stereocenters. The van der Waals surface area contributed by atoms with Gasteiger partial charge in [0.15, 0.2) is 17.3 Å². The molecule has 116 valence electrons. The van der Waals surface area contributed by atoms with E-state index in [0.29, 0.717) is 0 Å². The van der Waals surface area contributed by atoms with Crippen molar-refractivity contribution in [2.45, 2.75) is 0 Å². The molecule has 1 N–H and O–H groups in total. The number of anilines is 1. The molecule has 7 nitrogen and oxygen atoms in total. The zero-order valence-corrected chi connectivity index (χ0v) is 12.1. The Kier molecular flexibility index (Phi) is 4.27. The van der Waals surface area contributed by atoms with E-state index in [1.165, 1.54) is 30.3 Å². The summed E-state index contributed by atoms with van der Waals surface area (Å²) in [5, 5.41) is 10.8. The molecule has 0 aromatic heterocycles. The predicted octanol–water partition coefficient (Wildman–Crippen LogP) is 2.90. The summed E-state index contributed by atoms with van der Waals surface area (Å²) in [7, 11) is -3.69. The van der Waals surface area contributed by atoms with Crippen molar-refractivity contribution in [2.24, 2.45) is 0 Å². The molecule has 9 heteroatoms. The fourth-order valence-corrected chi connectivity index (χ4v) is 2.20. The van der Waals surface area contributed by atoms with E-state index in [1.807, 2.05) is 0 Å². The van der Waals surface area contributed by atoms with Crippen molar-refractivity contribution < 1.29 is 22.5 Å². The summed E-state index contributed by atoms with van der Waals surface area (Å²) in [6.45, 7) is 0. The van der Waals surface area contributed by atoms with Gasteiger partial charge in [-0.25, -0.2) is 12.8 Å². The van der Waals surface area contributed by atoms with Crippen LogP contribution in [0.3, 0.4) is 0 Å². The van der Waals surface area contributed by atoms with Gasteiger partial charge < -0.3 is 4.74 Å². The van der Waals surface area contributed by atoms with Crippen LogP contribution in [-0.4, -0.2) is 19.6 Å². The van der Waals surface area contributed by atoms with Crippen LogP contribution in [0.1, 0.15) is 0 Å². The van der Waals surface area contributed by atoms with Crippen LogP contribution in [0.4, 0.5) is 15.8 Å². The fourth-order valence-electron chi connectivity index (χ4n) is 1.65. The van der Waals surface area contributed by atoms with Crippen molar-refractivity contribution in [3.05, 3.63) is 58.4 Å². The SMILES string of the molecule is CS(=O)(=O)Nc1cc([N+](=O)[O-])ccc1Oc1ccccc1F. The lowest BCUT2D eigenvalue weighted by Gasteiger charge is -2.12. The normalized spacial score (nSPS) is 11.0. The van der Waals surface area contributed by atoms with Gasteiger partial charge in [-0.1, -0.05) is 12.1 Å². The number of hydrogen-bond donors (Lipinski definition) is 1. The molecule has 0 aliphatic heterocycles. The van der Waals surface area contributed by atoms with Gasteiger partial charge in [0.25, 0.3) is 5.69 Å². The summed E-state index contributed by atoms with van der Waals surface area (Å²) in [5.41, 5.74) is -0.480. The van der Waals surface area contributed by atoms with Crippen LogP contribution in [-0.2, 0) is 10.0 Å². The molecular formula is C13H11FN2O5S. The number of non-ortho nitro benzene ring substituents is 1. The average Bonchev–Trinajstić information content (AvgIpc) is 2.41. The molecule has 22 heavy (non-hydrogen) atoms. The van der Waals surface area contributed by atoms with Crippen molar-refractivity contribution in [3.8, 4) is 11.5 Å². The first-order valence-corrected chi connectivity index (χ1v) is 7.84. The third-order valence-electron chi connectivity index (χ3n) is 2.53. The maximum atomic E-state index is 13.6. The Morgan fingerprint density at radius 1 is 1.18 bits per heavy atom. The monoisotopic (exact) mass is 326 g/mol. The molecule has 0 heterocycles. The molecule has 2 aromatic carbocycles. The minimum Gasteiger partial charge on any atom is -0.452 e. The Balaban J connectivity index is 2.46. The van der Waals surface area contributed by atoms with Crippen molar-refractivity contribution in [2.75, 3.05) is 11.0 Å². The number of hydrogen-bond acceptors (Lipinski definition) is 5. The average molecular weight is 326 g/mol. The highest BCUT2D eigenvalue weighted by atomic mass is 32.2. The van der Waals surface area contributed by atoms with E-state index in [1.54, 1.807) is 0 Å². The van der Waals surface area contributed by atoms with Crippen molar-refractivity contribution in [1.82, 2.24) is 0 Å². The van der Waals surface area contributed by atoms with Gasteiger partial charge in [0.2, 0.25) is 10.0 Å². The molecule has 0 saturated heterocycles. The lowest BCUT2D eigenvalue weighted by Crippen LogP contribution is -2.10. The van der Waals surface area contributed by atoms with E-state index in [4.69, 9.17) is 4.74 Å². The summed E-state index contributed by atoms with van der Waals surface area (Å²) in [4.78, 5) is 10.1. The van der Waals surface area contributed by atoms with E-state index in [-0.39, 0.29) is 22.9 Å². The van der Waals surface area contributed by atoms with Crippen LogP contribution in [0.25, 0.3) is 0 Å². The molecule has 0 unspecified atom stereocenters. The summed E-state index contributed by atoms with van der Waals surface area (Å²) in [5.74, 6) is -0.833. The van der Waals surface area contributed by atoms with Gasteiger partial charge in [-0.05, 0) is 18.2 Å². The van der Waals surface area contributed by atoms with Crippen LogP contribution >= 0.6 is 0 Å². The van der Waals surface area contributed by atoms with E-state index >= 15 is 0 Å². The molecule has 0 bridgehead atoms. The number of nitro groups is 1. The lowest BCUT2D eigenvalue weighted by molar-refractivity contribution is -0.384. The minimum atomic E-state index is -3.69. The van der Waals surface area contributed by atoms with Crippen LogP contribution < -0.4 is 9.46 Å². The molecule has 2 aromatic rings. The van der Waals surface area contributed by atoms with Gasteiger partial charge in [0.1, 0.15) is 0 Å². The highest BCUT2D eigenvalue weighted by molar-refractivity contribution is 7.92. The Morgan fingerprint density at radius 3 is 2.45 bits per heavy atom. The van der Waals surface area contributed by atoms with Gasteiger partial charge in [-0.3, -0.25) is 14.8 Å². The van der Waals surface area contributed by atoms with Gasteiger partial charge in [0, 0.05) is 12.1 Å². The molecule has 0 aliphatic rings. The van der Waals surface area contributed by atoms with E-state index in [9.17, 15) is 22.9 Å². The standard InChI is InChI=1S/C13H11FN2O5S/c1-22(19,20)15-11-8-9(16(17)18)6-7-13(11)21-12-5-3-2-4-10(12)14/h2-8,15H,1H3. The number of benzene rings is 2. The largest absolute Gasteiger partial charge is 0.452 e. The molecule has 0 saturated carbocycles. The Bertz CT molecular complexity index is 823. The second-order valence-corrected chi connectivity index (χ2v) is 6.09. The highest BCUT2D eigenvalue weighted by Gasteiger charge is 2.16. The molecule has 0 amide bonds. The second-order valence-electron chi connectivity index (χ2n) is 4.34. The second kappa shape index (κ2) is 5.98. The minimum absolute atomic E-state index is 0.0545. The number of nitrogens with one attached hydrogen (secondary N) is 1. The molecule has 0 fully saturated rings. The van der Waals surface area contributed by atoms with Crippen LogP contribution in [0, 0.1) is 15.9 Å². The van der Waals surface area contributed by atoms with Crippen molar-refractivity contribution in [3.63, 3.8) is 0 Å². The Hall–Kier alpha value is -2.68. The van der Waals surface area contributed by atoms with Crippen LogP contribution in [0.5, 0.6) is 11.5 Å². The number of nitro benzene ring substituents is 1. The smallest absolute Gasteiger partial charge is 0.271 e. The topological polar surface area (TPSA) is 98.5 Å². The number of ether oxygens (including phenoxy) is 1. The van der Waals surface area contributed by atoms with E-state index < -0.39 is 20.8 Å². The molecular weight excluding hydrogens is 315 g/mol. The van der Waals surface area contributed by atoms with Crippen LogP contribution in [0.15, 0.2) is 42.5 Å². The van der Waals surface area contributed by atoms with Gasteiger partial charge in [-0.2, -0.15) is 0 Å². The molecule has 0 radical (unpaired) electrons. The quantitative estimate of drug-likeness (QED) is 0.673. The zero-order chi connectivity index (χ0) is 16.3. The zero-order valence-electron chi connectivity index (χ0n) is 11.3. The number of para-hydroxylation sites is 1. The summed E-state index contributed by atoms with van der Waals surface area (Å²) in [6.07, 6.45) is 0.888. The lowest BCUT2D eigenvalue weighted by atomic mass is 10.2. The van der Waals surface area contributed by atoms with Crippen LogP contribution in [0.2, 0.25) is 0 Å². The number of rotatable bonds is 5. The van der Waals surface area contributed by atoms with E-state index in [0.717, 1.165) is 18.4 Å². The third kappa shape index (κ3) is 3.92. The first-order chi connectivity index (χ1) is 10.3. The summed E-state index contributed by atoms with van der Waals surface area (Å²) >= 11 is 0. The summed E-state index contributed by atoms with van der Waals surface area (Å²) in [6, 6.07) is 8.84.